The zero-order chi connectivity index (χ0) is 13.0. The van der Waals surface area contributed by atoms with Gasteiger partial charge < -0.3 is 10.1 Å². The van der Waals surface area contributed by atoms with Crippen LogP contribution < -0.4 is 5.32 Å². The Balaban J connectivity index is 1.85. The van der Waals surface area contributed by atoms with Gasteiger partial charge >= 0.3 is 0 Å². The van der Waals surface area contributed by atoms with Crippen LogP contribution in [0.1, 0.15) is 36.8 Å². The number of nitrogens with one attached hydrogen (secondary N) is 1. The zero-order valence-corrected chi connectivity index (χ0v) is 11.8. The largest absolute Gasteiger partial charge is 0.384 e. The first kappa shape index (κ1) is 13.6. The second-order valence-electron chi connectivity index (χ2n) is 5.62. The first-order valence-electron chi connectivity index (χ1n) is 6.98. The Labute approximate surface area is 111 Å². The van der Waals surface area contributed by atoms with E-state index in [1.54, 1.807) is 18.2 Å². The summed E-state index contributed by atoms with van der Waals surface area (Å²) >= 11 is 0. The molecule has 100 valence electrons. The monoisotopic (exact) mass is 247 g/mol. The van der Waals surface area contributed by atoms with E-state index < -0.39 is 0 Å². The van der Waals surface area contributed by atoms with Gasteiger partial charge in [-0.3, -0.25) is 0 Å². The first-order chi connectivity index (χ1) is 8.74. The van der Waals surface area contributed by atoms with E-state index in [-0.39, 0.29) is 0 Å². The second-order valence-corrected chi connectivity index (χ2v) is 5.62. The SMILES string of the molecule is CNC(CC(C)COC)CC1Cc2ccccc21. The number of ether oxygens (including phenoxy) is 1. The van der Waals surface area contributed by atoms with Gasteiger partial charge in [0.15, 0.2) is 0 Å². The third-order valence-electron chi connectivity index (χ3n) is 4.08. The Morgan fingerprint density at radius 3 is 2.83 bits per heavy atom. The van der Waals surface area contributed by atoms with E-state index in [2.05, 4.69) is 43.6 Å². The lowest BCUT2D eigenvalue weighted by molar-refractivity contribution is 0.148. The molecule has 0 saturated heterocycles. The minimum Gasteiger partial charge on any atom is -0.384 e. The molecule has 1 aliphatic rings. The van der Waals surface area contributed by atoms with Crippen molar-refractivity contribution in [3.63, 3.8) is 0 Å². The summed E-state index contributed by atoms with van der Waals surface area (Å²) in [5.41, 5.74) is 3.11. The van der Waals surface area contributed by atoms with Crippen LogP contribution in [0, 0.1) is 5.92 Å². The fourth-order valence-corrected chi connectivity index (χ4v) is 3.09. The van der Waals surface area contributed by atoms with Crippen molar-refractivity contribution >= 4 is 0 Å². The molecule has 0 aromatic heterocycles. The summed E-state index contributed by atoms with van der Waals surface area (Å²) in [4.78, 5) is 0. The lowest BCUT2D eigenvalue weighted by Gasteiger charge is -2.33. The topological polar surface area (TPSA) is 21.3 Å². The average Bonchev–Trinajstić information content (AvgIpc) is 2.34. The molecule has 18 heavy (non-hydrogen) atoms. The fourth-order valence-electron chi connectivity index (χ4n) is 3.09. The molecule has 2 heteroatoms. The Morgan fingerprint density at radius 2 is 2.17 bits per heavy atom. The van der Waals surface area contributed by atoms with Gasteiger partial charge in [0.05, 0.1) is 0 Å². The summed E-state index contributed by atoms with van der Waals surface area (Å²) in [5.74, 6) is 1.39. The predicted octanol–water partition coefficient (Wildman–Crippen LogP) is 2.98. The van der Waals surface area contributed by atoms with Crippen molar-refractivity contribution in [2.24, 2.45) is 5.92 Å². The van der Waals surface area contributed by atoms with Crippen molar-refractivity contribution in [1.82, 2.24) is 5.32 Å². The molecule has 2 rings (SSSR count). The van der Waals surface area contributed by atoms with Crippen LogP contribution in [0.2, 0.25) is 0 Å². The smallest absolute Gasteiger partial charge is 0.0488 e. The van der Waals surface area contributed by atoms with E-state index in [0.29, 0.717) is 12.0 Å². The van der Waals surface area contributed by atoms with E-state index >= 15 is 0 Å². The molecule has 0 saturated carbocycles. The van der Waals surface area contributed by atoms with Crippen LogP contribution in [0.15, 0.2) is 24.3 Å². The van der Waals surface area contributed by atoms with Crippen molar-refractivity contribution in [1.29, 1.82) is 0 Å². The van der Waals surface area contributed by atoms with E-state index in [4.69, 9.17) is 4.74 Å². The highest BCUT2D eigenvalue weighted by Crippen LogP contribution is 2.38. The maximum Gasteiger partial charge on any atom is 0.0488 e. The van der Waals surface area contributed by atoms with Crippen LogP contribution in [-0.4, -0.2) is 26.8 Å². The van der Waals surface area contributed by atoms with Crippen molar-refractivity contribution in [3.8, 4) is 0 Å². The number of fused-ring (bicyclic) bond motifs is 1. The maximum absolute atomic E-state index is 5.22. The molecule has 0 radical (unpaired) electrons. The van der Waals surface area contributed by atoms with Crippen molar-refractivity contribution in [2.45, 2.75) is 38.1 Å². The zero-order valence-electron chi connectivity index (χ0n) is 11.8. The maximum atomic E-state index is 5.22. The van der Waals surface area contributed by atoms with Crippen LogP contribution in [-0.2, 0) is 11.2 Å². The minimum atomic E-state index is 0.605. The summed E-state index contributed by atoms with van der Waals surface area (Å²) in [5, 5.41) is 3.47. The van der Waals surface area contributed by atoms with Crippen LogP contribution in [0.3, 0.4) is 0 Å². The molecule has 3 atom stereocenters. The molecular formula is C16H25NO. The molecule has 0 bridgehead atoms. The van der Waals surface area contributed by atoms with Crippen LogP contribution in [0.25, 0.3) is 0 Å². The van der Waals surface area contributed by atoms with Gasteiger partial charge in [0.1, 0.15) is 0 Å². The van der Waals surface area contributed by atoms with Gasteiger partial charge in [-0.2, -0.15) is 0 Å². The molecule has 1 aromatic rings. The third-order valence-corrected chi connectivity index (χ3v) is 4.08. The molecule has 2 nitrogen and oxygen atoms in total. The second kappa shape index (κ2) is 6.35. The molecule has 3 unspecified atom stereocenters. The standard InChI is InChI=1S/C16H25NO/c1-12(11-18-3)8-15(17-2)10-14-9-13-6-4-5-7-16(13)14/h4-7,12,14-15,17H,8-11H2,1-3H3. The Morgan fingerprint density at radius 1 is 1.39 bits per heavy atom. The van der Waals surface area contributed by atoms with Gasteiger partial charge in [0, 0.05) is 19.8 Å². The highest BCUT2D eigenvalue weighted by atomic mass is 16.5. The molecule has 1 aromatic carbocycles. The number of rotatable bonds is 7. The summed E-state index contributed by atoms with van der Waals surface area (Å²) in [6.45, 7) is 3.13. The Kier molecular flexibility index (Phi) is 4.79. The van der Waals surface area contributed by atoms with Gasteiger partial charge in [-0.05, 0) is 49.3 Å². The molecule has 0 aliphatic heterocycles. The van der Waals surface area contributed by atoms with E-state index in [1.165, 1.54) is 19.3 Å². The molecular weight excluding hydrogens is 222 g/mol. The van der Waals surface area contributed by atoms with Gasteiger partial charge in [-0.15, -0.1) is 0 Å². The van der Waals surface area contributed by atoms with Crippen molar-refractivity contribution in [3.05, 3.63) is 35.4 Å². The Hall–Kier alpha value is -0.860. The molecule has 0 fully saturated rings. The average molecular weight is 247 g/mol. The van der Waals surface area contributed by atoms with Crippen molar-refractivity contribution < 1.29 is 4.74 Å². The molecule has 1 N–H and O–H groups in total. The van der Waals surface area contributed by atoms with E-state index in [1.807, 2.05) is 0 Å². The quantitative estimate of drug-likeness (QED) is 0.800. The Bertz CT molecular complexity index is 377. The van der Waals surface area contributed by atoms with E-state index in [0.717, 1.165) is 12.5 Å². The minimum absolute atomic E-state index is 0.605. The first-order valence-corrected chi connectivity index (χ1v) is 6.98. The summed E-state index contributed by atoms with van der Waals surface area (Å²) in [6.07, 6.45) is 3.71. The number of benzene rings is 1. The molecule has 1 aliphatic carbocycles. The van der Waals surface area contributed by atoms with E-state index in [9.17, 15) is 0 Å². The third kappa shape index (κ3) is 3.12. The number of hydrogen-bond acceptors (Lipinski definition) is 2. The van der Waals surface area contributed by atoms with Gasteiger partial charge in [-0.25, -0.2) is 0 Å². The predicted molar refractivity (Wildman–Crippen MR) is 76.0 cm³/mol. The fraction of sp³-hybridized carbons (Fsp3) is 0.625. The number of methoxy groups -OCH3 is 1. The van der Waals surface area contributed by atoms with Gasteiger partial charge in [0.25, 0.3) is 0 Å². The molecule has 0 spiro atoms. The van der Waals surface area contributed by atoms with Gasteiger partial charge in [-0.1, -0.05) is 31.2 Å². The molecule has 0 amide bonds. The highest BCUT2D eigenvalue weighted by Gasteiger charge is 2.27. The van der Waals surface area contributed by atoms with Crippen LogP contribution in [0.4, 0.5) is 0 Å². The van der Waals surface area contributed by atoms with Crippen molar-refractivity contribution in [2.75, 3.05) is 20.8 Å². The summed E-state index contributed by atoms with van der Waals surface area (Å²) in [6, 6.07) is 9.45. The highest BCUT2D eigenvalue weighted by molar-refractivity contribution is 5.39. The normalized spacial score (nSPS) is 20.9. The van der Waals surface area contributed by atoms with Crippen LogP contribution in [0.5, 0.6) is 0 Å². The van der Waals surface area contributed by atoms with Gasteiger partial charge in [0.2, 0.25) is 0 Å². The van der Waals surface area contributed by atoms with Crippen LogP contribution >= 0.6 is 0 Å². The summed E-state index contributed by atoms with van der Waals surface area (Å²) in [7, 11) is 3.86. The molecule has 0 heterocycles. The number of hydrogen-bond donors (Lipinski definition) is 1. The lowest BCUT2D eigenvalue weighted by atomic mass is 9.74. The lowest BCUT2D eigenvalue weighted by Crippen LogP contribution is -2.33. The summed E-state index contributed by atoms with van der Waals surface area (Å²) < 4.78 is 5.22.